The largest absolute Gasteiger partial charge is 0.497 e. The predicted octanol–water partition coefficient (Wildman–Crippen LogP) is 5.71. The Labute approximate surface area is 186 Å². The highest BCUT2D eigenvalue weighted by Gasteiger charge is 2.23. The number of fused-ring (bicyclic) bond motifs is 1. The Hall–Kier alpha value is -3.74. The zero-order chi connectivity index (χ0) is 22.5. The molecule has 32 heavy (non-hydrogen) atoms. The molecule has 1 aliphatic heterocycles. The van der Waals surface area contributed by atoms with Crippen LogP contribution in [0, 0.1) is 0 Å². The van der Waals surface area contributed by atoms with Crippen LogP contribution in [-0.2, 0) is 6.42 Å². The first-order chi connectivity index (χ1) is 15.6. The molecule has 1 aliphatic rings. The van der Waals surface area contributed by atoms with Gasteiger partial charge in [0.15, 0.2) is 11.5 Å². The molecule has 0 spiro atoms. The summed E-state index contributed by atoms with van der Waals surface area (Å²) in [6, 6.07) is 14.2. The van der Waals surface area contributed by atoms with Crippen LogP contribution in [0.2, 0.25) is 0 Å². The number of pyridine rings is 1. The average molecular weight is 435 g/mol. The first-order valence-corrected chi connectivity index (χ1v) is 10.6. The Kier molecular flexibility index (Phi) is 6.44. The zero-order valence-electron chi connectivity index (χ0n) is 18.1. The molecule has 0 radical (unpaired) electrons. The van der Waals surface area contributed by atoms with Crippen molar-refractivity contribution in [3.05, 3.63) is 59.8 Å². The molecule has 1 N–H and O–H groups in total. The van der Waals surface area contributed by atoms with Crippen LogP contribution in [0.25, 0.3) is 11.1 Å². The standard InChI is InChI=1S/C25H25NO6/c1-3-4-5-6-17-13-20(16-7-9-18(29-2)10-8-16)23(25(27)28)24(26-17)32-19-11-12-21-22(14-19)31-15-30-21/h7-14H,3-6,15H2,1-2H3,(H,27,28). The highest BCUT2D eigenvalue weighted by atomic mass is 16.7. The van der Waals surface area contributed by atoms with Crippen LogP contribution in [0.1, 0.15) is 42.2 Å². The van der Waals surface area contributed by atoms with Gasteiger partial charge in [-0.05, 0) is 48.7 Å². The summed E-state index contributed by atoms with van der Waals surface area (Å²) >= 11 is 0. The van der Waals surface area contributed by atoms with Gasteiger partial charge in [-0.1, -0.05) is 31.9 Å². The molecule has 0 bridgehead atoms. The molecule has 7 nitrogen and oxygen atoms in total. The maximum absolute atomic E-state index is 12.3. The summed E-state index contributed by atoms with van der Waals surface area (Å²) in [6.07, 6.45) is 3.84. The number of carboxylic acid groups (broad SMARTS) is 1. The van der Waals surface area contributed by atoms with E-state index in [-0.39, 0.29) is 18.2 Å². The van der Waals surface area contributed by atoms with E-state index in [1.807, 2.05) is 18.2 Å². The third-order valence-electron chi connectivity index (χ3n) is 5.25. The average Bonchev–Trinajstić information content (AvgIpc) is 3.27. The molecule has 1 aromatic heterocycles. The maximum Gasteiger partial charge on any atom is 0.341 e. The van der Waals surface area contributed by atoms with Crippen LogP contribution in [-0.4, -0.2) is 30.0 Å². The minimum Gasteiger partial charge on any atom is -0.497 e. The number of unbranched alkanes of at least 4 members (excludes halogenated alkanes) is 2. The second-order valence-electron chi connectivity index (χ2n) is 7.45. The van der Waals surface area contributed by atoms with Gasteiger partial charge in [-0.15, -0.1) is 0 Å². The lowest BCUT2D eigenvalue weighted by Crippen LogP contribution is -2.07. The first kappa shape index (κ1) is 21.5. The molecule has 2 aromatic carbocycles. The summed E-state index contributed by atoms with van der Waals surface area (Å²) in [5.74, 6) is 1.23. The SMILES string of the molecule is CCCCCc1cc(-c2ccc(OC)cc2)c(C(=O)O)c(Oc2ccc3c(c2)OCO3)n1. The normalized spacial score (nSPS) is 11.9. The van der Waals surface area contributed by atoms with Gasteiger partial charge in [0.1, 0.15) is 17.1 Å². The third-order valence-corrected chi connectivity index (χ3v) is 5.25. The number of benzene rings is 2. The molecule has 0 unspecified atom stereocenters. The molecule has 2 heterocycles. The minimum atomic E-state index is -1.11. The van der Waals surface area contributed by atoms with Crippen molar-refractivity contribution in [3.8, 4) is 40.0 Å². The van der Waals surface area contributed by atoms with Crippen LogP contribution in [0.3, 0.4) is 0 Å². The van der Waals surface area contributed by atoms with E-state index in [1.54, 1.807) is 37.4 Å². The highest BCUT2D eigenvalue weighted by Crippen LogP contribution is 2.39. The lowest BCUT2D eigenvalue weighted by molar-refractivity contribution is 0.0694. The molecule has 4 rings (SSSR count). The first-order valence-electron chi connectivity index (χ1n) is 10.6. The number of carboxylic acids is 1. The summed E-state index contributed by atoms with van der Waals surface area (Å²) in [6.45, 7) is 2.28. The Morgan fingerprint density at radius 3 is 2.50 bits per heavy atom. The van der Waals surface area contributed by atoms with Gasteiger partial charge in [0, 0.05) is 17.3 Å². The van der Waals surface area contributed by atoms with E-state index in [0.717, 1.165) is 36.9 Å². The van der Waals surface area contributed by atoms with Gasteiger partial charge in [-0.3, -0.25) is 0 Å². The van der Waals surface area contributed by atoms with Crippen molar-refractivity contribution >= 4 is 5.97 Å². The number of aromatic nitrogens is 1. The van der Waals surface area contributed by atoms with Crippen LogP contribution in [0.5, 0.6) is 28.9 Å². The Balaban J connectivity index is 1.78. The Morgan fingerprint density at radius 1 is 1.03 bits per heavy atom. The van der Waals surface area contributed by atoms with Gasteiger partial charge in [-0.2, -0.15) is 0 Å². The van der Waals surface area contributed by atoms with Crippen molar-refractivity contribution in [2.24, 2.45) is 0 Å². The Bertz CT molecular complexity index is 1110. The fourth-order valence-corrected chi connectivity index (χ4v) is 3.59. The number of hydrogen-bond donors (Lipinski definition) is 1. The number of aryl methyl sites for hydroxylation is 1. The molecule has 0 fully saturated rings. The predicted molar refractivity (Wildman–Crippen MR) is 119 cm³/mol. The van der Waals surface area contributed by atoms with E-state index < -0.39 is 5.97 Å². The van der Waals surface area contributed by atoms with Crippen LogP contribution in [0.4, 0.5) is 0 Å². The smallest absolute Gasteiger partial charge is 0.341 e. The molecule has 0 saturated heterocycles. The van der Waals surface area contributed by atoms with Crippen molar-refractivity contribution in [1.29, 1.82) is 0 Å². The van der Waals surface area contributed by atoms with Gasteiger partial charge in [0.05, 0.1) is 7.11 Å². The van der Waals surface area contributed by atoms with Crippen molar-refractivity contribution in [2.75, 3.05) is 13.9 Å². The second kappa shape index (κ2) is 9.60. The van der Waals surface area contributed by atoms with Gasteiger partial charge in [0.25, 0.3) is 0 Å². The lowest BCUT2D eigenvalue weighted by Gasteiger charge is -2.15. The van der Waals surface area contributed by atoms with E-state index in [1.165, 1.54) is 0 Å². The van der Waals surface area contributed by atoms with Crippen molar-refractivity contribution in [3.63, 3.8) is 0 Å². The topological polar surface area (TPSA) is 87.1 Å². The van der Waals surface area contributed by atoms with E-state index in [2.05, 4.69) is 11.9 Å². The van der Waals surface area contributed by atoms with Crippen molar-refractivity contribution in [1.82, 2.24) is 4.98 Å². The van der Waals surface area contributed by atoms with E-state index in [0.29, 0.717) is 28.6 Å². The van der Waals surface area contributed by atoms with Crippen molar-refractivity contribution < 1.29 is 28.8 Å². The van der Waals surface area contributed by atoms with E-state index in [4.69, 9.17) is 18.9 Å². The van der Waals surface area contributed by atoms with Crippen LogP contribution >= 0.6 is 0 Å². The number of hydrogen-bond acceptors (Lipinski definition) is 6. The van der Waals surface area contributed by atoms with Gasteiger partial charge in [0.2, 0.25) is 12.7 Å². The van der Waals surface area contributed by atoms with E-state index >= 15 is 0 Å². The minimum absolute atomic E-state index is 0.00655. The molecule has 0 saturated carbocycles. The summed E-state index contributed by atoms with van der Waals surface area (Å²) in [7, 11) is 1.59. The number of methoxy groups -OCH3 is 1. The maximum atomic E-state index is 12.3. The van der Waals surface area contributed by atoms with Crippen LogP contribution < -0.4 is 18.9 Å². The molecule has 3 aromatic rings. The number of aromatic carboxylic acids is 1. The molecule has 0 amide bonds. The zero-order valence-corrected chi connectivity index (χ0v) is 18.1. The third kappa shape index (κ3) is 4.61. The van der Waals surface area contributed by atoms with E-state index in [9.17, 15) is 9.90 Å². The summed E-state index contributed by atoms with van der Waals surface area (Å²) in [5, 5.41) is 10.1. The number of nitrogens with zero attached hydrogens (tertiary/aromatic N) is 1. The summed E-state index contributed by atoms with van der Waals surface area (Å²) in [5.41, 5.74) is 2.09. The highest BCUT2D eigenvalue weighted by molar-refractivity contribution is 5.98. The molecule has 0 atom stereocenters. The molecular weight excluding hydrogens is 410 g/mol. The fourth-order valence-electron chi connectivity index (χ4n) is 3.59. The van der Waals surface area contributed by atoms with Crippen molar-refractivity contribution in [2.45, 2.75) is 32.6 Å². The van der Waals surface area contributed by atoms with Crippen LogP contribution in [0.15, 0.2) is 48.5 Å². The van der Waals surface area contributed by atoms with Gasteiger partial charge < -0.3 is 24.1 Å². The number of ether oxygens (including phenoxy) is 4. The fraction of sp³-hybridized carbons (Fsp3) is 0.280. The molecule has 166 valence electrons. The van der Waals surface area contributed by atoms with Gasteiger partial charge in [-0.25, -0.2) is 9.78 Å². The quantitative estimate of drug-likeness (QED) is 0.431. The second-order valence-corrected chi connectivity index (χ2v) is 7.45. The number of rotatable bonds is 9. The van der Waals surface area contributed by atoms with Gasteiger partial charge >= 0.3 is 5.97 Å². The molecule has 7 heteroatoms. The monoisotopic (exact) mass is 435 g/mol. The molecule has 0 aliphatic carbocycles. The summed E-state index contributed by atoms with van der Waals surface area (Å²) < 4.78 is 22.0. The molecular formula is C25H25NO6. The lowest BCUT2D eigenvalue weighted by atomic mass is 9.98. The summed E-state index contributed by atoms with van der Waals surface area (Å²) in [4.78, 5) is 16.9. The Morgan fingerprint density at radius 2 is 1.78 bits per heavy atom. The number of carbonyl (C=O) groups is 1.